The molecule has 126 valence electrons. The minimum Gasteiger partial charge on any atom is -0.370 e. The number of benzene rings is 1. The van der Waals surface area contributed by atoms with Crippen LogP contribution in [0, 0.1) is 13.8 Å². The Hall–Kier alpha value is -0.870. The molecule has 0 saturated carbocycles. The van der Waals surface area contributed by atoms with E-state index in [-0.39, 0.29) is 36.5 Å². The normalized spacial score (nSPS) is 12.7. The average molecular weight is 440 g/mol. The van der Waals surface area contributed by atoms with Crippen molar-refractivity contribution in [3.05, 3.63) is 29.3 Å². The van der Waals surface area contributed by atoms with E-state index in [1.54, 1.807) is 13.8 Å². The van der Waals surface area contributed by atoms with Crippen LogP contribution in [-0.4, -0.2) is 32.7 Å². The van der Waals surface area contributed by atoms with Crippen molar-refractivity contribution in [1.82, 2.24) is 4.72 Å². The van der Waals surface area contributed by atoms with E-state index in [1.807, 2.05) is 32.0 Å². The SMILES string of the molecule is Cc1ccc(NC(N)=NCC(C)(C)NS(C)(=O)=O)cc1C.I. The number of sulfonamides is 1. The predicted octanol–water partition coefficient (Wildman–Crippen LogP) is 1.98. The van der Waals surface area contributed by atoms with Crippen LogP contribution in [0.15, 0.2) is 23.2 Å². The molecule has 0 unspecified atom stereocenters. The van der Waals surface area contributed by atoms with E-state index < -0.39 is 15.6 Å². The summed E-state index contributed by atoms with van der Waals surface area (Å²) in [6.07, 6.45) is 1.12. The molecule has 1 aromatic carbocycles. The van der Waals surface area contributed by atoms with Crippen molar-refractivity contribution < 1.29 is 8.42 Å². The number of hydrogen-bond acceptors (Lipinski definition) is 3. The van der Waals surface area contributed by atoms with Crippen molar-refractivity contribution in [1.29, 1.82) is 0 Å². The topological polar surface area (TPSA) is 96.6 Å². The second-order valence-corrected chi connectivity index (χ2v) is 7.63. The third kappa shape index (κ3) is 7.95. The highest BCUT2D eigenvalue weighted by molar-refractivity contribution is 14.0. The fraction of sp³-hybridized carbons (Fsp3) is 0.500. The molecule has 1 aromatic rings. The number of nitrogens with one attached hydrogen (secondary N) is 2. The van der Waals surface area contributed by atoms with E-state index in [0.717, 1.165) is 17.5 Å². The van der Waals surface area contributed by atoms with Crippen molar-refractivity contribution in [3.63, 3.8) is 0 Å². The number of hydrogen-bond donors (Lipinski definition) is 3. The van der Waals surface area contributed by atoms with Crippen molar-refractivity contribution in [2.24, 2.45) is 10.7 Å². The van der Waals surface area contributed by atoms with Crippen LogP contribution in [0.5, 0.6) is 0 Å². The minimum atomic E-state index is -3.28. The lowest BCUT2D eigenvalue weighted by molar-refractivity contribution is 0.466. The average Bonchev–Trinajstić information content (AvgIpc) is 2.29. The smallest absolute Gasteiger partial charge is 0.209 e. The Morgan fingerprint density at radius 2 is 1.86 bits per heavy atom. The number of guanidine groups is 1. The van der Waals surface area contributed by atoms with Gasteiger partial charge in [0.1, 0.15) is 0 Å². The molecule has 8 heteroatoms. The zero-order valence-electron chi connectivity index (χ0n) is 13.6. The van der Waals surface area contributed by atoms with Gasteiger partial charge in [0.15, 0.2) is 5.96 Å². The maximum Gasteiger partial charge on any atom is 0.209 e. The van der Waals surface area contributed by atoms with Gasteiger partial charge in [-0.2, -0.15) is 0 Å². The van der Waals surface area contributed by atoms with Crippen LogP contribution in [-0.2, 0) is 10.0 Å². The van der Waals surface area contributed by atoms with Gasteiger partial charge in [-0.05, 0) is 51.0 Å². The lowest BCUT2D eigenvalue weighted by Crippen LogP contribution is -2.45. The number of aryl methyl sites for hydroxylation is 2. The van der Waals surface area contributed by atoms with Gasteiger partial charge >= 0.3 is 0 Å². The van der Waals surface area contributed by atoms with Crippen LogP contribution < -0.4 is 15.8 Å². The van der Waals surface area contributed by atoms with Gasteiger partial charge in [-0.3, -0.25) is 4.99 Å². The maximum absolute atomic E-state index is 11.2. The van der Waals surface area contributed by atoms with Gasteiger partial charge in [0.25, 0.3) is 0 Å². The summed E-state index contributed by atoms with van der Waals surface area (Å²) >= 11 is 0. The molecule has 0 atom stereocenters. The summed E-state index contributed by atoms with van der Waals surface area (Å²) in [4.78, 5) is 4.18. The van der Waals surface area contributed by atoms with E-state index in [1.165, 1.54) is 5.56 Å². The zero-order chi connectivity index (χ0) is 16.3. The third-order valence-electron chi connectivity index (χ3n) is 2.89. The monoisotopic (exact) mass is 440 g/mol. The summed E-state index contributed by atoms with van der Waals surface area (Å²) in [7, 11) is -3.28. The molecular formula is C14H25IN4O2S. The lowest BCUT2D eigenvalue weighted by atomic mass is 10.1. The number of aliphatic imine (C=N–C) groups is 1. The van der Waals surface area contributed by atoms with E-state index in [4.69, 9.17) is 5.73 Å². The molecule has 0 spiro atoms. The van der Waals surface area contributed by atoms with Gasteiger partial charge in [-0.15, -0.1) is 24.0 Å². The molecule has 1 rings (SSSR count). The van der Waals surface area contributed by atoms with Crippen LogP contribution in [0.25, 0.3) is 0 Å². The molecule has 0 aromatic heterocycles. The molecule has 4 N–H and O–H groups in total. The number of nitrogens with two attached hydrogens (primary N) is 1. The first-order valence-electron chi connectivity index (χ1n) is 6.62. The largest absolute Gasteiger partial charge is 0.370 e. The van der Waals surface area contributed by atoms with Crippen LogP contribution in [0.1, 0.15) is 25.0 Å². The highest BCUT2D eigenvalue weighted by Crippen LogP contribution is 2.14. The molecule has 0 aliphatic heterocycles. The molecule has 0 radical (unpaired) electrons. The number of rotatable bonds is 5. The van der Waals surface area contributed by atoms with E-state index in [0.29, 0.717) is 0 Å². The van der Waals surface area contributed by atoms with Crippen LogP contribution >= 0.6 is 24.0 Å². The second kappa shape index (κ2) is 8.11. The first-order chi connectivity index (χ1) is 9.48. The molecule has 22 heavy (non-hydrogen) atoms. The zero-order valence-corrected chi connectivity index (χ0v) is 16.7. The summed E-state index contributed by atoms with van der Waals surface area (Å²) in [6.45, 7) is 7.80. The van der Waals surface area contributed by atoms with Gasteiger partial charge in [0.05, 0.1) is 12.8 Å². The van der Waals surface area contributed by atoms with E-state index in [9.17, 15) is 8.42 Å². The third-order valence-corrected chi connectivity index (χ3v) is 3.81. The predicted molar refractivity (Wildman–Crippen MR) is 104 cm³/mol. The van der Waals surface area contributed by atoms with Gasteiger partial charge in [-0.25, -0.2) is 13.1 Å². The Morgan fingerprint density at radius 3 is 2.36 bits per heavy atom. The first kappa shape index (κ1) is 21.1. The van der Waals surface area contributed by atoms with Gasteiger partial charge < -0.3 is 11.1 Å². The molecular weight excluding hydrogens is 415 g/mol. The lowest BCUT2D eigenvalue weighted by Gasteiger charge is -2.22. The highest BCUT2D eigenvalue weighted by atomic mass is 127. The quantitative estimate of drug-likeness (QED) is 0.371. The van der Waals surface area contributed by atoms with Crippen molar-refractivity contribution in [2.75, 3.05) is 18.1 Å². The molecule has 6 nitrogen and oxygen atoms in total. The maximum atomic E-state index is 11.2. The minimum absolute atomic E-state index is 0. The van der Waals surface area contributed by atoms with Crippen molar-refractivity contribution >= 4 is 45.6 Å². The standard InChI is InChI=1S/C14H24N4O2S.HI/c1-10-6-7-12(8-11(10)2)17-13(15)16-9-14(3,4)18-21(5,19)20;/h6-8,18H,9H2,1-5H3,(H3,15,16,17);1H. The van der Waals surface area contributed by atoms with Crippen LogP contribution in [0.2, 0.25) is 0 Å². The molecule has 0 bridgehead atoms. The van der Waals surface area contributed by atoms with Gasteiger partial charge in [0, 0.05) is 11.2 Å². The van der Waals surface area contributed by atoms with Crippen molar-refractivity contribution in [2.45, 2.75) is 33.2 Å². The summed E-state index contributed by atoms with van der Waals surface area (Å²) in [6, 6.07) is 5.91. The first-order valence-corrected chi connectivity index (χ1v) is 8.51. The Balaban J connectivity index is 0.00000441. The molecule has 0 aliphatic rings. The van der Waals surface area contributed by atoms with E-state index >= 15 is 0 Å². The Kier molecular flexibility index (Phi) is 7.79. The Bertz CT molecular complexity index is 642. The number of nitrogens with zero attached hydrogens (tertiary/aromatic N) is 1. The second-order valence-electron chi connectivity index (χ2n) is 5.88. The molecule has 0 fully saturated rings. The summed E-state index contributed by atoms with van der Waals surface area (Å²) in [5, 5.41) is 3.00. The van der Waals surface area contributed by atoms with Gasteiger partial charge in [0.2, 0.25) is 10.0 Å². The van der Waals surface area contributed by atoms with Gasteiger partial charge in [-0.1, -0.05) is 6.07 Å². The molecule has 0 saturated heterocycles. The molecule has 0 heterocycles. The highest BCUT2D eigenvalue weighted by Gasteiger charge is 2.21. The number of anilines is 1. The van der Waals surface area contributed by atoms with Crippen molar-refractivity contribution in [3.8, 4) is 0 Å². The fourth-order valence-electron chi connectivity index (χ4n) is 1.82. The summed E-state index contributed by atoms with van der Waals surface area (Å²) in [5.41, 5.74) is 8.35. The Labute approximate surface area is 150 Å². The Morgan fingerprint density at radius 1 is 1.27 bits per heavy atom. The molecule has 0 amide bonds. The fourth-order valence-corrected chi connectivity index (χ4v) is 2.89. The van der Waals surface area contributed by atoms with E-state index in [2.05, 4.69) is 15.0 Å². The van der Waals surface area contributed by atoms with Crippen LogP contribution in [0.3, 0.4) is 0 Å². The number of halogens is 1. The summed E-state index contributed by atoms with van der Waals surface area (Å²) in [5.74, 6) is 0.252. The summed E-state index contributed by atoms with van der Waals surface area (Å²) < 4.78 is 25.0. The van der Waals surface area contributed by atoms with Crippen LogP contribution in [0.4, 0.5) is 5.69 Å². The molecule has 0 aliphatic carbocycles.